The number of pyridine rings is 1. The normalized spacial score (nSPS) is 19.9. The van der Waals surface area contributed by atoms with Gasteiger partial charge in [0.2, 0.25) is 12.3 Å². The van der Waals surface area contributed by atoms with Crippen LogP contribution < -0.4 is 5.32 Å². The van der Waals surface area contributed by atoms with Crippen LogP contribution in [0.15, 0.2) is 47.6 Å². The smallest absolute Gasteiger partial charge is 0.237 e. The van der Waals surface area contributed by atoms with Gasteiger partial charge in [-0.05, 0) is 68.2 Å². The number of carbonyl (C=O) groups is 2. The maximum atomic E-state index is 13.0. The highest BCUT2D eigenvalue weighted by Gasteiger charge is 2.51. The Morgan fingerprint density at radius 1 is 1.13 bits per heavy atom. The molecule has 0 saturated carbocycles. The molecule has 0 saturated heterocycles. The number of amides is 2. The predicted octanol–water partition coefficient (Wildman–Crippen LogP) is 6.49. The molecule has 0 bridgehead atoms. The van der Waals surface area contributed by atoms with E-state index in [-0.39, 0.29) is 5.91 Å². The van der Waals surface area contributed by atoms with Crippen LogP contribution in [-0.2, 0) is 27.8 Å². The van der Waals surface area contributed by atoms with Crippen LogP contribution in [0.4, 0.5) is 5.82 Å². The fourth-order valence-corrected chi connectivity index (χ4v) is 6.09. The Hall–Kier alpha value is -3.28. The van der Waals surface area contributed by atoms with E-state index in [1.54, 1.807) is 6.20 Å². The molecule has 2 aromatic rings. The summed E-state index contributed by atoms with van der Waals surface area (Å²) < 4.78 is 0. The Labute approximate surface area is 227 Å². The van der Waals surface area contributed by atoms with Crippen molar-refractivity contribution in [3.8, 4) is 0 Å². The Morgan fingerprint density at radius 2 is 1.95 bits per heavy atom. The first-order valence-corrected chi connectivity index (χ1v) is 14.2. The van der Waals surface area contributed by atoms with Gasteiger partial charge in [-0.2, -0.15) is 0 Å². The SMILES string of the molecule is CCCCCC(CCC)(/N=C(\C)CC)N(C=O)C/C=C/c1ccc2c(c1)C[C@@]1(C2)C(=O)Nc2ncccc21. The van der Waals surface area contributed by atoms with Gasteiger partial charge in [-0.1, -0.05) is 76.5 Å². The molecule has 1 aromatic carbocycles. The van der Waals surface area contributed by atoms with Gasteiger partial charge in [-0.15, -0.1) is 0 Å². The van der Waals surface area contributed by atoms with Crippen LogP contribution in [0.2, 0.25) is 0 Å². The van der Waals surface area contributed by atoms with E-state index in [2.05, 4.69) is 68.3 Å². The number of hydrogen-bond acceptors (Lipinski definition) is 4. The molecule has 38 heavy (non-hydrogen) atoms. The summed E-state index contributed by atoms with van der Waals surface area (Å²) in [6, 6.07) is 10.4. The van der Waals surface area contributed by atoms with E-state index in [0.29, 0.717) is 25.2 Å². The summed E-state index contributed by atoms with van der Waals surface area (Å²) in [5, 5.41) is 2.98. The number of anilines is 1. The van der Waals surface area contributed by atoms with Crippen molar-refractivity contribution in [3.63, 3.8) is 0 Å². The van der Waals surface area contributed by atoms with Crippen molar-refractivity contribution in [1.82, 2.24) is 9.88 Å². The first kappa shape index (κ1) is 27.7. The van der Waals surface area contributed by atoms with Gasteiger partial charge >= 0.3 is 0 Å². The fraction of sp³-hybridized carbons (Fsp3) is 0.500. The monoisotopic (exact) mass is 514 g/mol. The zero-order valence-corrected chi connectivity index (χ0v) is 23.4. The van der Waals surface area contributed by atoms with Crippen molar-refractivity contribution in [2.24, 2.45) is 4.99 Å². The van der Waals surface area contributed by atoms with Gasteiger partial charge in [-0.3, -0.25) is 14.6 Å². The molecule has 1 spiro atoms. The van der Waals surface area contributed by atoms with Crippen LogP contribution in [0.5, 0.6) is 0 Å². The third-order valence-corrected chi connectivity index (χ3v) is 8.22. The minimum atomic E-state index is -0.560. The topological polar surface area (TPSA) is 74.7 Å². The molecule has 1 unspecified atom stereocenters. The third-order valence-electron chi connectivity index (χ3n) is 8.22. The van der Waals surface area contributed by atoms with Gasteiger partial charge < -0.3 is 10.2 Å². The number of carbonyl (C=O) groups excluding carboxylic acids is 2. The van der Waals surface area contributed by atoms with Crippen LogP contribution in [0.1, 0.15) is 94.9 Å². The second-order valence-electron chi connectivity index (χ2n) is 10.9. The van der Waals surface area contributed by atoms with Crippen molar-refractivity contribution in [3.05, 3.63) is 64.9 Å². The summed E-state index contributed by atoms with van der Waals surface area (Å²) in [4.78, 5) is 36.8. The van der Waals surface area contributed by atoms with Gasteiger partial charge in [0.15, 0.2) is 0 Å². The van der Waals surface area contributed by atoms with E-state index >= 15 is 0 Å². The maximum absolute atomic E-state index is 13.0. The number of aliphatic imine (C=N–C) groups is 1. The van der Waals surface area contributed by atoms with Crippen molar-refractivity contribution in [2.75, 3.05) is 11.9 Å². The predicted molar refractivity (Wildman–Crippen MR) is 155 cm³/mol. The van der Waals surface area contributed by atoms with Crippen molar-refractivity contribution in [2.45, 2.75) is 96.6 Å². The number of nitrogens with zero attached hydrogens (tertiary/aromatic N) is 3. The zero-order valence-electron chi connectivity index (χ0n) is 23.4. The number of unbranched alkanes of at least 4 members (excludes halogenated alkanes) is 2. The Kier molecular flexibility index (Phi) is 8.80. The maximum Gasteiger partial charge on any atom is 0.237 e. The molecule has 4 rings (SSSR count). The first-order chi connectivity index (χ1) is 18.4. The van der Waals surface area contributed by atoms with Crippen molar-refractivity contribution < 1.29 is 9.59 Å². The summed E-state index contributed by atoms with van der Waals surface area (Å²) in [5.41, 5.74) is 4.54. The molecule has 0 radical (unpaired) electrons. The highest BCUT2D eigenvalue weighted by molar-refractivity contribution is 6.06. The molecule has 1 aromatic heterocycles. The van der Waals surface area contributed by atoms with E-state index in [1.165, 1.54) is 11.1 Å². The Balaban J connectivity index is 1.53. The van der Waals surface area contributed by atoms with Gasteiger partial charge in [0.25, 0.3) is 0 Å². The third kappa shape index (κ3) is 5.45. The summed E-state index contributed by atoms with van der Waals surface area (Å²) in [7, 11) is 0. The van der Waals surface area contributed by atoms with E-state index in [1.807, 2.05) is 17.0 Å². The Morgan fingerprint density at radius 3 is 2.68 bits per heavy atom. The zero-order chi connectivity index (χ0) is 27.2. The highest BCUT2D eigenvalue weighted by Crippen LogP contribution is 2.46. The second-order valence-corrected chi connectivity index (χ2v) is 10.9. The molecule has 202 valence electrons. The number of fused-ring (bicyclic) bond motifs is 3. The van der Waals surface area contributed by atoms with Crippen LogP contribution >= 0.6 is 0 Å². The number of benzene rings is 1. The van der Waals surface area contributed by atoms with Gasteiger partial charge in [-0.25, -0.2) is 4.98 Å². The average Bonchev–Trinajstić information content (AvgIpc) is 3.43. The lowest BCUT2D eigenvalue weighted by Gasteiger charge is -2.39. The molecule has 2 amide bonds. The lowest BCUT2D eigenvalue weighted by Crippen LogP contribution is -2.47. The van der Waals surface area contributed by atoms with Crippen LogP contribution in [-0.4, -0.2) is 40.1 Å². The number of hydrogen-bond donors (Lipinski definition) is 1. The van der Waals surface area contributed by atoms with Gasteiger partial charge in [0.05, 0.1) is 5.41 Å². The minimum absolute atomic E-state index is 0.0411. The fourth-order valence-electron chi connectivity index (χ4n) is 6.09. The summed E-state index contributed by atoms with van der Waals surface area (Å²) in [5.74, 6) is 0.731. The van der Waals surface area contributed by atoms with E-state index in [0.717, 1.165) is 68.2 Å². The van der Waals surface area contributed by atoms with E-state index < -0.39 is 11.1 Å². The van der Waals surface area contributed by atoms with E-state index in [4.69, 9.17) is 4.99 Å². The average molecular weight is 515 g/mol. The molecule has 0 fully saturated rings. The molecule has 6 nitrogen and oxygen atoms in total. The minimum Gasteiger partial charge on any atom is -0.317 e. The summed E-state index contributed by atoms with van der Waals surface area (Å²) in [6.07, 6.45) is 15.2. The second kappa shape index (κ2) is 12.1. The van der Waals surface area contributed by atoms with Crippen LogP contribution in [0.3, 0.4) is 0 Å². The molecule has 1 aliphatic carbocycles. The van der Waals surface area contributed by atoms with Crippen LogP contribution in [0, 0.1) is 0 Å². The quantitative estimate of drug-likeness (QED) is 0.189. The molecule has 1 N–H and O–H groups in total. The molecule has 1 aliphatic heterocycles. The first-order valence-electron chi connectivity index (χ1n) is 14.2. The van der Waals surface area contributed by atoms with Crippen molar-refractivity contribution >= 4 is 29.9 Å². The van der Waals surface area contributed by atoms with Crippen molar-refractivity contribution in [1.29, 1.82) is 0 Å². The molecular weight excluding hydrogens is 472 g/mol. The largest absolute Gasteiger partial charge is 0.317 e. The summed E-state index contributed by atoms with van der Waals surface area (Å²) >= 11 is 0. The number of aromatic nitrogens is 1. The van der Waals surface area contributed by atoms with Gasteiger partial charge in [0.1, 0.15) is 11.5 Å². The molecule has 6 heteroatoms. The highest BCUT2D eigenvalue weighted by atomic mass is 16.2. The van der Waals surface area contributed by atoms with Gasteiger partial charge in [0, 0.05) is 24.0 Å². The van der Waals surface area contributed by atoms with Crippen LogP contribution in [0.25, 0.3) is 6.08 Å². The molecular formula is C32H42N4O2. The lowest BCUT2D eigenvalue weighted by atomic mass is 9.79. The van der Waals surface area contributed by atoms with E-state index in [9.17, 15) is 9.59 Å². The number of rotatable bonds is 13. The molecule has 2 atom stereocenters. The number of nitrogens with one attached hydrogen (secondary N) is 1. The standard InChI is InChI=1S/C32H42N4O2/c1-5-8-9-17-32(16-6-2,35-24(4)7-3)36(23-37)19-11-12-25-14-15-26-21-31(22-27(26)20-25)28-13-10-18-33-29(28)34-30(31)38/h10-15,18,20,23H,5-9,16-17,19,21-22H2,1-4H3,(H,33,34,38)/b12-11+,35-24+/t31-,32?/m1/s1. The Bertz CT molecular complexity index is 1220. The lowest BCUT2D eigenvalue weighted by molar-refractivity contribution is -0.123. The molecule has 2 heterocycles. The molecule has 2 aliphatic rings. The summed E-state index contributed by atoms with van der Waals surface area (Å²) in [6.45, 7) is 9.07.